The molecule has 5 nitrogen and oxygen atoms in total. The molecule has 1 saturated carbocycles. The zero-order valence-corrected chi connectivity index (χ0v) is 15.6. The highest BCUT2D eigenvalue weighted by atomic mass is 16.2. The number of nitrogens with one attached hydrogen (secondary N) is 2. The Morgan fingerprint density at radius 2 is 2.00 bits per heavy atom. The van der Waals surface area contributed by atoms with Gasteiger partial charge in [0.15, 0.2) is 5.43 Å². The maximum absolute atomic E-state index is 12.5. The van der Waals surface area contributed by atoms with Crippen molar-refractivity contribution in [1.82, 2.24) is 15.2 Å². The van der Waals surface area contributed by atoms with Crippen molar-refractivity contribution in [2.75, 3.05) is 13.1 Å². The number of H-pyrrole nitrogens is 1. The van der Waals surface area contributed by atoms with E-state index in [1.807, 2.05) is 30.9 Å². The van der Waals surface area contributed by atoms with Gasteiger partial charge in [-0.1, -0.05) is 12.1 Å². The Morgan fingerprint density at radius 1 is 1.23 bits per heavy atom. The van der Waals surface area contributed by atoms with Gasteiger partial charge in [-0.3, -0.25) is 9.59 Å². The monoisotopic (exact) mass is 353 g/mol. The molecule has 1 aliphatic carbocycles. The van der Waals surface area contributed by atoms with Gasteiger partial charge in [0.2, 0.25) is 5.91 Å². The number of rotatable bonds is 4. The molecule has 0 radical (unpaired) electrons. The molecule has 0 spiro atoms. The van der Waals surface area contributed by atoms with E-state index in [9.17, 15) is 9.59 Å². The average Bonchev–Trinajstić information content (AvgIpc) is 3.47. The van der Waals surface area contributed by atoms with Gasteiger partial charge in [0.1, 0.15) is 0 Å². The number of carbonyl (C=O) groups excluding carboxylic acids is 1. The second-order valence-corrected chi connectivity index (χ2v) is 7.89. The number of hydrogen-bond donors (Lipinski definition) is 2. The third-order valence-corrected chi connectivity index (χ3v) is 5.70. The van der Waals surface area contributed by atoms with Gasteiger partial charge in [-0.2, -0.15) is 0 Å². The molecule has 1 aromatic heterocycles. The lowest BCUT2D eigenvalue weighted by Crippen LogP contribution is -2.48. The van der Waals surface area contributed by atoms with E-state index in [4.69, 9.17) is 0 Å². The number of hydrogen-bond acceptors (Lipinski definition) is 3. The fourth-order valence-corrected chi connectivity index (χ4v) is 4.00. The zero-order chi connectivity index (χ0) is 18.3. The van der Waals surface area contributed by atoms with Crippen molar-refractivity contribution < 1.29 is 4.79 Å². The lowest BCUT2D eigenvalue weighted by atomic mass is 10.0. The van der Waals surface area contributed by atoms with Crippen LogP contribution in [0.25, 0.3) is 10.9 Å². The van der Waals surface area contributed by atoms with Gasteiger partial charge < -0.3 is 15.2 Å². The van der Waals surface area contributed by atoms with Crippen molar-refractivity contribution in [1.29, 1.82) is 0 Å². The lowest BCUT2D eigenvalue weighted by molar-refractivity contribution is -0.133. The van der Waals surface area contributed by atoms with Crippen molar-refractivity contribution in [2.24, 2.45) is 5.92 Å². The summed E-state index contributed by atoms with van der Waals surface area (Å²) in [7, 11) is 0. The van der Waals surface area contributed by atoms with Crippen LogP contribution < -0.4 is 10.7 Å². The molecule has 1 aromatic carbocycles. The number of piperidine rings is 1. The largest absolute Gasteiger partial charge is 0.357 e. The predicted octanol–water partition coefficient (Wildman–Crippen LogP) is 2.64. The summed E-state index contributed by atoms with van der Waals surface area (Å²) >= 11 is 0. The number of nitrogens with zero attached hydrogens (tertiary/aromatic N) is 1. The lowest BCUT2D eigenvalue weighted by Gasteiger charge is -2.33. The number of aromatic nitrogens is 1. The number of fused-ring (bicyclic) bond motifs is 1. The summed E-state index contributed by atoms with van der Waals surface area (Å²) in [6, 6.07) is 6.05. The van der Waals surface area contributed by atoms with Crippen LogP contribution in [0.4, 0.5) is 0 Å². The minimum Gasteiger partial charge on any atom is -0.357 e. The third-order valence-electron chi connectivity index (χ3n) is 5.70. The van der Waals surface area contributed by atoms with Crippen molar-refractivity contribution in [3.05, 3.63) is 45.2 Å². The van der Waals surface area contributed by atoms with Gasteiger partial charge >= 0.3 is 0 Å². The summed E-state index contributed by atoms with van der Waals surface area (Å²) in [6.45, 7) is 6.29. The Labute approximate surface area is 153 Å². The minimum atomic E-state index is 0.0749. The first-order valence-electron chi connectivity index (χ1n) is 9.67. The molecule has 2 heterocycles. The van der Waals surface area contributed by atoms with Gasteiger partial charge in [-0.15, -0.1) is 0 Å². The van der Waals surface area contributed by atoms with Crippen LogP contribution in [0.15, 0.2) is 23.0 Å². The smallest absolute Gasteiger partial charge is 0.225 e. The van der Waals surface area contributed by atoms with Crippen LogP contribution in [0.3, 0.4) is 0 Å². The van der Waals surface area contributed by atoms with Crippen molar-refractivity contribution in [3.8, 4) is 0 Å². The van der Waals surface area contributed by atoms with E-state index in [2.05, 4.69) is 10.3 Å². The van der Waals surface area contributed by atoms with E-state index in [1.54, 1.807) is 6.07 Å². The average molecular weight is 353 g/mol. The van der Waals surface area contributed by atoms with Crippen LogP contribution in [0.5, 0.6) is 0 Å². The zero-order valence-electron chi connectivity index (χ0n) is 15.6. The molecule has 1 amide bonds. The van der Waals surface area contributed by atoms with E-state index in [-0.39, 0.29) is 11.3 Å². The Kier molecular flexibility index (Phi) is 4.57. The van der Waals surface area contributed by atoms with E-state index in [0.717, 1.165) is 66.5 Å². The number of aromatic amines is 1. The molecule has 138 valence electrons. The Balaban J connectivity index is 1.47. The molecule has 4 rings (SSSR count). The highest BCUT2D eigenvalue weighted by Crippen LogP contribution is 2.31. The Morgan fingerprint density at radius 3 is 2.77 bits per heavy atom. The molecule has 1 saturated heterocycles. The van der Waals surface area contributed by atoms with E-state index in [1.165, 1.54) is 0 Å². The molecule has 1 aliphatic heterocycles. The van der Waals surface area contributed by atoms with Gasteiger partial charge in [0, 0.05) is 48.7 Å². The third kappa shape index (κ3) is 3.40. The van der Waals surface area contributed by atoms with Crippen LogP contribution in [0, 0.1) is 19.8 Å². The molecule has 1 unspecified atom stereocenters. The fourth-order valence-electron chi connectivity index (χ4n) is 4.00. The Hall–Kier alpha value is -2.14. The molecular formula is C21H27N3O2. The summed E-state index contributed by atoms with van der Waals surface area (Å²) in [6.07, 6.45) is 4.24. The normalized spacial score (nSPS) is 20.5. The van der Waals surface area contributed by atoms with Gasteiger partial charge in [-0.05, 0) is 50.7 Å². The van der Waals surface area contributed by atoms with Crippen LogP contribution in [0.1, 0.15) is 42.5 Å². The first-order chi connectivity index (χ1) is 12.5. The molecule has 2 fully saturated rings. The molecule has 0 bridgehead atoms. The Bertz CT molecular complexity index is 898. The van der Waals surface area contributed by atoms with Crippen molar-refractivity contribution >= 4 is 16.8 Å². The van der Waals surface area contributed by atoms with Crippen LogP contribution in [0.2, 0.25) is 0 Å². The summed E-state index contributed by atoms with van der Waals surface area (Å²) in [5.41, 5.74) is 4.01. The van der Waals surface area contributed by atoms with Crippen molar-refractivity contribution in [2.45, 2.75) is 52.1 Å². The first-order valence-corrected chi connectivity index (χ1v) is 9.67. The molecule has 2 N–H and O–H groups in total. The van der Waals surface area contributed by atoms with Crippen molar-refractivity contribution in [3.63, 3.8) is 0 Å². The van der Waals surface area contributed by atoms with Crippen LogP contribution in [-0.4, -0.2) is 34.9 Å². The number of carbonyl (C=O) groups is 1. The minimum absolute atomic E-state index is 0.0749. The summed E-state index contributed by atoms with van der Waals surface area (Å²) in [4.78, 5) is 30.3. The molecule has 2 aliphatic rings. The number of likely N-dealkylation sites (tertiary alicyclic amines) is 1. The summed E-state index contributed by atoms with van der Waals surface area (Å²) in [5.74, 6) is 0.624. The summed E-state index contributed by atoms with van der Waals surface area (Å²) in [5, 5.41) is 4.33. The highest BCUT2D eigenvalue weighted by molar-refractivity contribution is 5.84. The predicted molar refractivity (Wildman–Crippen MR) is 103 cm³/mol. The number of aryl methyl sites for hydroxylation is 2. The quantitative estimate of drug-likeness (QED) is 0.888. The highest BCUT2D eigenvalue weighted by Gasteiger charge is 2.35. The topological polar surface area (TPSA) is 65.2 Å². The SMILES string of the molecule is Cc1ccc(C)c2c(=O)cc(CNC3CCCN(C(=O)C4CC4)C3)[nH]c12. The molecule has 1 atom stereocenters. The molecule has 26 heavy (non-hydrogen) atoms. The van der Waals surface area contributed by atoms with E-state index < -0.39 is 0 Å². The maximum Gasteiger partial charge on any atom is 0.225 e. The van der Waals surface area contributed by atoms with E-state index >= 15 is 0 Å². The molecule has 5 heteroatoms. The number of pyridine rings is 1. The second kappa shape index (κ2) is 6.88. The van der Waals surface area contributed by atoms with Crippen LogP contribution >= 0.6 is 0 Å². The first kappa shape index (κ1) is 17.3. The number of amides is 1. The van der Waals surface area contributed by atoms with Gasteiger partial charge in [-0.25, -0.2) is 0 Å². The number of benzene rings is 1. The molecular weight excluding hydrogens is 326 g/mol. The van der Waals surface area contributed by atoms with Crippen LogP contribution in [-0.2, 0) is 11.3 Å². The standard InChI is InChI=1S/C21H27N3O2/c1-13-5-6-14(2)20-19(13)18(25)10-17(23-20)11-22-16-4-3-9-24(12-16)21(26)15-7-8-15/h5-6,10,15-16,22H,3-4,7-9,11-12H2,1-2H3,(H,23,25). The van der Waals surface area contributed by atoms with Gasteiger partial charge in [0.25, 0.3) is 0 Å². The maximum atomic E-state index is 12.5. The summed E-state index contributed by atoms with van der Waals surface area (Å²) < 4.78 is 0. The fraction of sp³-hybridized carbons (Fsp3) is 0.524. The molecule has 2 aromatic rings. The van der Waals surface area contributed by atoms with E-state index in [0.29, 0.717) is 18.5 Å². The van der Waals surface area contributed by atoms with Gasteiger partial charge in [0.05, 0.1) is 5.52 Å². The second-order valence-electron chi connectivity index (χ2n) is 7.89.